The number of imide groups is 1. The Morgan fingerprint density at radius 3 is 2.06 bits per heavy atom. The highest BCUT2D eigenvalue weighted by Crippen LogP contribution is 2.26. The van der Waals surface area contributed by atoms with Crippen LogP contribution in [0.5, 0.6) is 0 Å². The molecule has 2 amide bonds. The van der Waals surface area contributed by atoms with E-state index in [-0.39, 0.29) is 17.9 Å². The molecular weight excluding hydrogens is 294 g/mol. The number of hydrogen-bond acceptors (Lipinski definition) is 2. The van der Waals surface area contributed by atoms with Crippen LogP contribution in [0.2, 0.25) is 0 Å². The van der Waals surface area contributed by atoms with Crippen LogP contribution in [-0.4, -0.2) is 16.7 Å². The molecule has 2 rings (SSSR count). The number of halogens is 1. The summed E-state index contributed by atoms with van der Waals surface area (Å²) in [6.45, 7) is 1.91. The monoisotopic (exact) mass is 309 g/mol. The van der Waals surface area contributed by atoms with Crippen LogP contribution in [0.4, 0.5) is 0 Å². The first kappa shape index (κ1) is 13.3. The normalized spacial score (nSPS) is 18.7. The molecule has 0 aliphatic carbocycles. The second kappa shape index (κ2) is 5.65. The van der Waals surface area contributed by atoms with Gasteiger partial charge in [0.2, 0.25) is 11.8 Å². The number of likely N-dealkylation sites (tertiary alicyclic amines) is 1. The van der Waals surface area contributed by atoms with Gasteiger partial charge in [-0.3, -0.25) is 14.5 Å². The number of hydrogen-bond donors (Lipinski definition) is 0. The Kier molecular flexibility index (Phi) is 4.17. The molecule has 3 nitrogen and oxygen atoms in total. The van der Waals surface area contributed by atoms with E-state index in [4.69, 9.17) is 0 Å². The van der Waals surface area contributed by atoms with E-state index in [0.717, 1.165) is 22.9 Å². The van der Waals surface area contributed by atoms with E-state index >= 15 is 0 Å². The van der Waals surface area contributed by atoms with E-state index in [2.05, 4.69) is 15.9 Å². The van der Waals surface area contributed by atoms with Gasteiger partial charge in [-0.1, -0.05) is 28.1 Å². The fraction of sp³-hybridized carbons (Fsp3) is 0.429. The zero-order valence-corrected chi connectivity index (χ0v) is 11.9. The summed E-state index contributed by atoms with van der Waals surface area (Å²) in [7, 11) is 0. The molecule has 1 unspecified atom stereocenters. The summed E-state index contributed by atoms with van der Waals surface area (Å²) >= 11 is 3.38. The van der Waals surface area contributed by atoms with Crippen LogP contribution in [0, 0.1) is 0 Å². The summed E-state index contributed by atoms with van der Waals surface area (Å²) in [5, 5.41) is 0. The van der Waals surface area contributed by atoms with Crippen LogP contribution in [0.25, 0.3) is 0 Å². The summed E-state index contributed by atoms with van der Waals surface area (Å²) in [4.78, 5) is 25.4. The van der Waals surface area contributed by atoms with Gasteiger partial charge in [0.05, 0.1) is 6.04 Å². The predicted octanol–water partition coefficient (Wildman–Crippen LogP) is 3.44. The second-order valence-corrected chi connectivity index (χ2v) is 5.51. The molecule has 1 heterocycles. The van der Waals surface area contributed by atoms with Crippen molar-refractivity contribution in [3.63, 3.8) is 0 Å². The summed E-state index contributed by atoms with van der Waals surface area (Å²) in [6.07, 6.45) is 2.58. The molecule has 1 aromatic rings. The number of benzene rings is 1. The average Bonchev–Trinajstić information content (AvgIpc) is 2.51. The fourth-order valence-electron chi connectivity index (χ4n) is 2.25. The number of carbonyl (C=O) groups excluding carboxylic acids is 2. The minimum Gasteiger partial charge on any atom is -0.275 e. The van der Waals surface area contributed by atoms with Crippen molar-refractivity contribution in [2.24, 2.45) is 0 Å². The molecule has 0 spiro atoms. The lowest BCUT2D eigenvalue weighted by Crippen LogP contribution is -2.37. The van der Waals surface area contributed by atoms with Gasteiger partial charge in [0, 0.05) is 17.3 Å². The van der Waals surface area contributed by atoms with Crippen LogP contribution in [-0.2, 0) is 9.59 Å². The quantitative estimate of drug-likeness (QED) is 0.785. The second-order valence-electron chi connectivity index (χ2n) is 4.59. The van der Waals surface area contributed by atoms with E-state index in [1.807, 2.05) is 31.2 Å². The first-order chi connectivity index (χ1) is 8.59. The molecule has 0 radical (unpaired) electrons. The predicted molar refractivity (Wildman–Crippen MR) is 72.9 cm³/mol. The molecule has 1 aliphatic rings. The number of amides is 2. The van der Waals surface area contributed by atoms with Crippen molar-refractivity contribution in [2.75, 3.05) is 0 Å². The van der Waals surface area contributed by atoms with Crippen LogP contribution >= 0.6 is 15.9 Å². The minimum atomic E-state index is -0.184. The van der Waals surface area contributed by atoms with Gasteiger partial charge in [0.25, 0.3) is 0 Å². The fourth-order valence-corrected chi connectivity index (χ4v) is 2.52. The molecule has 1 fully saturated rings. The van der Waals surface area contributed by atoms with Gasteiger partial charge in [0.15, 0.2) is 0 Å². The van der Waals surface area contributed by atoms with E-state index < -0.39 is 0 Å². The number of rotatable bonds is 2. The van der Waals surface area contributed by atoms with E-state index in [1.54, 1.807) is 0 Å². The molecule has 4 heteroatoms. The highest BCUT2D eigenvalue weighted by atomic mass is 79.9. The summed E-state index contributed by atoms with van der Waals surface area (Å²) in [5.41, 5.74) is 0.988. The van der Waals surface area contributed by atoms with Gasteiger partial charge < -0.3 is 0 Å². The van der Waals surface area contributed by atoms with Crippen molar-refractivity contribution < 1.29 is 9.59 Å². The summed E-state index contributed by atoms with van der Waals surface area (Å²) < 4.78 is 0.993. The van der Waals surface area contributed by atoms with Gasteiger partial charge in [-0.2, -0.15) is 0 Å². The Labute approximate surface area is 115 Å². The van der Waals surface area contributed by atoms with Crippen molar-refractivity contribution in [3.05, 3.63) is 34.3 Å². The highest BCUT2D eigenvalue weighted by molar-refractivity contribution is 9.10. The average molecular weight is 310 g/mol. The molecule has 1 atom stereocenters. The van der Waals surface area contributed by atoms with Gasteiger partial charge in [-0.25, -0.2) is 0 Å². The molecular formula is C14H16BrNO2. The van der Waals surface area contributed by atoms with Crippen molar-refractivity contribution in [3.8, 4) is 0 Å². The van der Waals surface area contributed by atoms with Crippen LogP contribution < -0.4 is 0 Å². The van der Waals surface area contributed by atoms with Crippen molar-refractivity contribution in [1.29, 1.82) is 0 Å². The van der Waals surface area contributed by atoms with Crippen molar-refractivity contribution in [1.82, 2.24) is 4.90 Å². The van der Waals surface area contributed by atoms with E-state index in [1.165, 1.54) is 4.90 Å². The topological polar surface area (TPSA) is 37.4 Å². The maximum Gasteiger partial charge on any atom is 0.229 e. The SMILES string of the molecule is CC(c1ccc(Br)cc1)N1C(=O)CCCCC1=O. The molecule has 1 aromatic carbocycles. The Balaban J connectivity index is 2.25. The standard InChI is InChI=1S/C14H16BrNO2/c1-10(11-6-8-12(15)9-7-11)16-13(17)4-2-3-5-14(16)18/h6-10H,2-5H2,1H3. The van der Waals surface area contributed by atoms with Gasteiger partial charge in [-0.15, -0.1) is 0 Å². The first-order valence-electron chi connectivity index (χ1n) is 6.20. The molecule has 18 heavy (non-hydrogen) atoms. The maximum absolute atomic E-state index is 12.0. The van der Waals surface area contributed by atoms with Gasteiger partial charge in [-0.05, 0) is 37.5 Å². The summed E-state index contributed by atoms with van der Waals surface area (Å²) in [5.74, 6) is -0.0964. The molecule has 96 valence electrons. The lowest BCUT2D eigenvalue weighted by molar-refractivity contribution is -0.146. The van der Waals surface area contributed by atoms with Crippen LogP contribution in [0.1, 0.15) is 44.2 Å². The number of nitrogens with zero attached hydrogens (tertiary/aromatic N) is 1. The van der Waals surface area contributed by atoms with Crippen molar-refractivity contribution in [2.45, 2.75) is 38.6 Å². The lowest BCUT2D eigenvalue weighted by atomic mass is 10.1. The van der Waals surface area contributed by atoms with Crippen molar-refractivity contribution >= 4 is 27.7 Å². The van der Waals surface area contributed by atoms with Gasteiger partial charge in [0.1, 0.15) is 0 Å². The molecule has 0 saturated carbocycles. The Bertz CT molecular complexity index is 437. The zero-order valence-electron chi connectivity index (χ0n) is 10.4. The Hall–Kier alpha value is -1.16. The third kappa shape index (κ3) is 2.80. The third-order valence-corrected chi connectivity index (χ3v) is 3.84. The zero-order chi connectivity index (χ0) is 13.1. The van der Waals surface area contributed by atoms with E-state index in [9.17, 15) is 9.59 Å². The van der Waals surface area contributed by atoms with Crippen LogP contribution in [0.15, 0.2) is 28.7 Å². The Morgan fingerprint density at radius 2 is 1.56 bits per heavy atom. The van der Waals surface area contributed by atoms with E-state index in [0.29, 0.717) is 12.8 Å². The van der Waals surface area contributed by atoms with Gasteiger partial charge >= 0.3 is 0 Å². The largest absolute Gasteiger partial charge is 0.275 e. The molecule has 0 bridgehead atoms. The molecule has 1 aliphatic heterocycles. The van der Waals surface area contributed by atoms with Crippen LogP contribution in [0.3, 0.4) is 0 Å². The Morgan fingerprint density at radius 1 is 1.06 bits per heavy atom. The third-order valence-electron chi connectivity index (χ3n) is 3.31. The molecule has 0 aromatic heterocycles. The molecule has 1 saturated heterocycles. The number of carbonyl (C=O) groups is 2. The maximum atomic E-state index is 12.0. The lowest BCUT2D eigenvalue weighted by Gasteiger charge is -2.26. The summed E-state index contributed by atoms with van der Waals surface area (Å²) in [6, 6.07) is 7.56. The smallest absolute Gasteiger partial charge is 0.229 e. The minimum absolute atomic E-state index is 0.0482. The highest BCUT2D eigenvalue weighted by Gasteiger charge is 2.29. The molecule has 0 N–H and O–H groups in total. The first-order valence-corrected chi connectivity index (χ1v) is 6.99.